The van der Waals surface area contributed by atoms with Crippen molar-refractivity contribution < 1.29 is 4.79 Å². The molecule has 0 heterocycles. The lowest BCUT2D eigenvalue weighted by atomic mass is 10.1. The topological polar surface area (TPSA) is 46.3 Å². The highest BCUT2D eigenvalue weighted by molar-refractivity contribution is 9.10. The molecule has 1 amide bonds. The molecule has 0 bridgehead atoms. The Morgan fingerprint density at radius 1 is 1.24 bits per heavy atom. The fourth-order valence-corrected chi connectivity index (χ4v) is 2.97. The van der Waals surface area contributed by atoms with Crippen molar-refractivity contribution in [3.05, 3.63) is 62.0 Å². The van der Waals surface area contributed by atoms with E-state index in [0.29, 0.717) is 32.3 Å². The van der Waals surface area contributed by atoms with Crippen LogP contribution in [0.5, 0.6) is 0 Å². The molecule has 2 aromatic carbocycles. The fourth-order valence-electron chi connectivity index (χ4n) is 1.97. The number of amides is 1. The third-order valence-corrected chi connectivity index (χ3v) is 4.27. The molecule has 0 spiro atoms. The van der Waals surface area contributed by atoms with Crippen LogP contribution in [0, 0.1) is 0 Å². The number of anilines is 1. The number of carbonyl (C=O) groups excluding carboxylic acids is 1. The van der Waals surface area contributed by atoms with Gasteiger partial charge in [-0.25, -0.2) is 0 Å². The molecule has 2 N–H and O–H groups in total. The third kappa shape index (κ3) is 3.90. The first kappa shape index (κ1) is 16.1. The van der Waals surface area contributed by atoms with Gasteiger partial charge in [-0.3, -0.25) is 4.79 Å². The van der Waals surface area contributed by atoms with E-state index in [1.165, 1.54) is 0 Å². The Hall–Kier alpha value is -1.23. The number of nitrogens with two attached hydrogens (primary N) is 1. The van der Waals surface area contributed by atoms with Gasteiger partial charge >= 0.3 is 0 Å². The van der Waals surface area contributed by atoms with Crippen molar-refractivity contribution in [1.82, 2.24) is 4.90 Å². The number of hydrogen-bond acceptors (Lipinski definition) is 2. The molecule has 0 unspecified atom stereocenters. The monoisotopic (exact) mass is 386 g/mol. The second-order valence-corrected chi connectivity index (χ2v) is 6.31. The van der Waals surface area contributed by atoms with E-state index in [2.05, 4.69) is 15.9 Å². The van der Waals surface area contributed by atoms with Gasteiger partial charge in [-0.1, -0.05) is 29.3 Å². The summed E-state index contributed by atoms with van der Waals surface area (Å²) < 4.78 is 0.603. The average molecular weight is 388 g/mol. The molecular formula is C15H13BrCl2N2O. The van der Waals surface area contributed by atoms with Gasteiger partial charge in [-0.05, 0) is 51.8 Å². The second-order valence-electron chi connectivity index (χ2n) is 4.65. The summed E-state index contributed by atoms with van der Waals surface area (Å²) in [4.78, 5) is 14.1. The molecule has 3 nitrogen and oxygen atoms in total. The van der Waals surface area contributed by atoms with Gasteiger partial charge in [0.05, 0.1) is 10.0 Å². The predicted octanol–water partition coefficient (Wildman–Crippen LogP) is 4.61. The first-order chi connectivity index (χ1) is 9.88. The zero-order chi connectivity index (χ0) is 15.6. The molecule has 0 fully saturated rings. The average Bonchev–Trinajstić information content (AvgIpc) is 2.40. The summed E-state index contributed by atoms with van der Waals surface area (Å²) in [6.45, 7) is 0.403. The van der Waals surface area contributed by atoms with Gasteiger partial charge in [0.2, 0.25) is 0 Å². The highest BCUT2D eigenvalue weighted by atomic mass is 79.9. The van der Waals surface area contributed by atoms with Crippen molar-refractivity contribution >= 4 is 50.7 Å². The summed E-state index contributed by atoms with van der Waals surface area (Å²) in [7, 11) is 1.72. The number of hydrogen-bond donors (Lipinski definition) is 1. The van der Waals surface area contributed by atoms with E-state index >= 15 is 0 Å². The molecule has 0 aliphatic rings. The molecule has 110 valence electrons. The van der Waals surface area contributed by atoms with Gasteiger partial charge in [0.25, 0.3) is 5.91 Å². The summed E-state index contributed by atoms with van der Waals surface area (Å²) in [5.41, 5.74) is 7.71. The number of nitrogen functional groups attached to an aromatic ring is 1. The molecule has 2 rings (SSSR count). The smallest absolute Gasteiger partial charge is 0.255 e. The summed E-state index contributed by atoms with van der Waals surface area (Å²) in [6.07, 6.45) is 0. The standard InChI is InChI=1S/C15H13BrCl2N2O/c1-20(8-9-5-10(17)7-11(18)6-9)15(21)12-3-2-4-13(19)14(12)16/h2-7H,8,19H2,1H3. The summed E-state index contributed by atoms with van der Waals surface area (Å²) in [6, 6.07) is 10.4. The molecule has 0 radical (unpaired) electrons. The second kappa shape index (κ2) is 6.69. The molecule has 2 aromatic rings. The quantitative estimate of drug-likeness (QED) is 0.781. The molecule has 0 atom stereocenters. The molecule has 0 aromatic heterocycles. The maximum atomic E-state index is 12.5. The molecule has 0 saturated carbocycles. The van der Waals surface area contributed by atoms with E-state index < -0.39 is 0 Å². The van der Waals surface area contributed by atoms with Gasteiger partial charge in [0.1, 0.15) is 0 Å². The van der Waals surface area contributed by atoms with Gasteiger partial charge in [-0.2, -0.15) is 0 Å². The fraction of sp³-hybridized carbons (Fsp3) is 0.133. The van der Waals surface area contributed by atoms with Gasteiger partial charge < -0.3 is 10.6 Å². The maximum Gasteiger partial charge on any atom is 0.255 e. The van der Waals surface area contributed by atoms with E-state index in [1.807, 2.05) is 0 Å². The number of rotatable bonds is 3. The Morgan fingerprint density at radius 2 is 1.86 bits per heavy atom. The van der Waals surface area contributed by atoms with Crippen LogP contribution in [0.4, 0.5) is 5.69 Å². The van der Waals surface area contributed by atoms with Crippen molar-refractivity contribution in [2.75, 3.05) is 12.8 Å². The third-order valence-electron chi connectivity index (χ3n) is 2.95. The molecular weight excluding hydrogens is 375 g/mol. The zero-order valence-electron chi connectivity index (χ0n) is 11.2. The zero-order valence-corrected chi connectivity index (χ0v) is 14.3. The Bertz CT molecular complexity index is 671. The summed E-state index contributed by atoms with van der Waals surface area (Å²) in [5, 5.41) is 1.09. The summed E-state index contributed by atoms with van der Waals surface area (Å²) in [5.74, 6) is -0.134. The van der Waals surface area contributed by atoms with E-state index in [0.717, 1.165) is 5.56 Å². The van der Waals surface area contributed by atoms with Crippen LogP contribution in [-0.2, 0) is 6.54 Å². The van der Waals surface area contributed by atoms with E-state index in [4.69, 9.17) is 28.9 Å². The number of halogens is 3. The van der Waals surface area contributed by atoms with Crippen LogP contribution in [0.2, 0.25) is 10.0 Å². The number of nitrogens with zero attached hydrogens (tertiary/aromatic N) is 1. The lowest BCUT2D eigenvalue weighted by Crippen LogP contribution is -2.26. The molecule has 21 heavy (non-hydrogen) atoms. The van der Waals surface area contributed by atoms with E-state index in [-0.39, 0.29) is 5.91 Å². The Morgan fingerprint density at radius 3 is 2.48 bits per heavy atom. The minimum atomic E-state index is -0.134. The molecule has 0 saturated heterocycles. The number of carbonyl (C=O) groups is 1. The van der Waals surface area contributed by atoms with E-state index in [1.54, 1.807) is 48.3 Å². The van der Waals surface area contributed by atoms with Gasteiger partial charge in [0.15, 0.2) is 0 Å². The Labute approximate surface area is 141 Å². The molecule has 6 heteroatoms. The number of benzene rings is 2. The van der Waals surface area contributed by atoms with Crippen LogP contribution in [0.25, 0.3) is 0 Å². The lowest BCUT2D eigenvalue weighted by Gasteiger charge is -2.19. The first-order valence-electron chi connectivity index (χ1n) is 6.13. The Balaban J connectivity index is 2.21. The van der Waals surface area contributed by atoms with Gasteiger partial charge in [-0.15, -0.1) is 0 Å². The SMILES string of the molecule is CN(Cc1cc(Cl)cc(Cl)c1)C(=O)c1cccc(N)c1Br. The Kier molecular flexibility index (Phi) is 5.14. The highest BCUT2D eigenvalue weighted by Gasteiger charge is 2.16. The van der Waals surface area contributed by atoms with Crippen LogP contribution >= 0.6 is 39.1 Å². The lowest BCUT2D eigenvalue weighted by molar-refractivity contribution is 0.0784. The first-order valence-corrected chi connectivity index (χ1v) is 7.68. The largest absolute Gasteiger partial charge is 0.398 e. The highest BCUT2D eigenvalue weighted by Crippen LogP contribution is 2.25. The van der Waals surface area contributed by atoms with Gasteiger partial charge in [0, 0.05) is 29.3 Å². The van der Waals surface area contributed by atoms with Crippen LogP contribution in [-0.4, -0.2) is 17.9 Å². The van der Waals surface area contributed by atoms with Crippen molar-refractivity contribution in [2.45, 2.75) is 6.54 Å². The molecule has 0 aliphatic heterocycles. The van der Waals surface area contributed by atoms with Crippen molar-refractivity contribution in [1.29, 1.82) is 0 Å². The molecule has 0 aliphatic carbocycles. The predicted molar refractivity (Wildman–Crippen MR) is 90.8 cm³/mol. The van der Waals surface area contributed by atoms with E-state index in [9.17, 15) is 4.79 Å². The van der Waals surface area contributed by atoms with Crippen LogP contribution in [0.1, 0.15) is 15.9 Å². The van der Waals surface area contributed by atoms with Crippen LogP contribution in [0.15, 0.2) is 40.9 Å². The minimum Gasteiger partial charge on any atom is -0.398 e. The van der Waals surface area contributed by atoms with Crippen molar-refractivity contribution in [3.8, 4) is 0 Å². The van der Waals surface area contributed by atoms with Crippen molar-refractivity contribution in [2.24, 2.45) is 0 Å². The van der Waals surface area contributed by atoms with Crippen LogP contribution in [0.3, 0.4) is 0 Å². The maximum absolute atomic E-state index is 12.5. The normalized spacial score (nSPS) is 10.5. The van der Waals surface area contributed by atoms with Crippen molar-refractivity contribution in [3.63, 3.8) is 0 Å². The summed E-state index contributed by atoms with van der Waals surface area (Å²) >= 11 is 15.3. The van der Waals surface area contributed by atoms with Crippen LogP contribution < -0.4 is 5.73 Å². The minimum absolute atomic E-state index is 0.134.